The molecule has 1 saturated carbocycles. The van der Waals surface area contributed by atoms with Crippen molar-refractivity contribution in [2.45, 2.75) is 43.8 Å². The number of esters is 1. The van der Waals surface area contributed by atoms with E-state index in [-0.39, 0.29) is 12.1 Å². The van der Waals surface area contributed by atoms with Gasteiger partial charge in [-0.2, -0.15) is 0 Å². The SMILES string of the molecule is O=C(Oc1ccccc1)C12CCCCCC1O2. The Morgan fingerprint density at radius 1 is 1.24 bits per heavy atom. The Morgan fingerprint density at radius 2 is 2.06 bits per heavy atom. The Bertz CT molecular complexity index is 415. The van der Waals surface area contributed by atoms with E-state index < -0.39 is 5.60 Å². The third kappa shape index (κ3) is 1.95. The number of hydrogen-bond acceptors (Lipinski definition) is 3. The molecule has 1 aliphatic heterocycles. The molecule has 0 N–H and O–H groups in total. The quantitative estimate of drug-likeness (QED) is 0.447. The number of carbonyl (C=O) groups is 1. The van der Waals surface area contributed by atoms with Crippen molar-refractivity contribution in [3.63, 3.8) is 0 Å². The lowest BCUT2D eigenvalue weighted by atomic mass is 10.0. The second-order valence-corrected chi connectivity index (χ2v) is 4.80. The molecule has 0 spiro atoms. The van der Waals surface area contributed by atoms with Crippen molar-refractivity contribution < 1.29 is 14.3 Å². The molecule has 3 nitrogen and oxygen atoms in total. The third-order valence-corrected chi connectivity index (χ3v) is 3.63. The van der Waals surface area contributed by atoms with E-state index in [9.17, 15) is 4.79 Å². The predicted octanol–water partition coefficient (Wildman–Crippen LogP) is 2.69. The van der Waals surface area contributed by atoms with Crippen LogP contribution in [0.15, 0.2) is 30.3 Å². The minimum Gasteiger partial charge on any atom is -0.424 e. The van der Waals surface area contributed by atoms with Gasteiger partial charge in [-0.15, -0.1) is 0 Å². The molecule has 3 rings (SSSR count). The molecule has 1 aromatic rings. The summed E-state index contributed by atoms with van der Waals surface area (Å²) in [5.74, 6) is 0.390. The van der Waals surface area contributed by atoms with Gasteiger partial charge in [0.25, 0.3) is 0 Å². The lowest BCUT2D eigenvalue weighted by Gasteiger charge is -2.10. The molecule has 3 heteroatoms. The van der Waals surface area contributed by atoms with Gasteiger partial charge in [0.1, 0.15) is 5.75 Å². The van der Waals surface area contributed by atoms with Crippen LogP contribution in [-0.2, 0) is 9.53 Å². The summed E-state index contributed by atoms with van der Waals surface area (Å²) < 4.78 is 11.0. The van der Waals surface area contributed by atoms with E-state index in [1.807, 2.05) is 18.2 Å². The minimum absolute atomic E-state index is 0.0983. The number of rotatable bonds is 2. The molecule has 1 aliphatic carbocycles. The first-order valence-electron chi connectivity index (χ1n) is 6.26. The van der Waals surface area contributed by atoms with Gasteiger partial charge in [-0.05, 0) is 31.4 Å². The lowest BCUT2D eigenvalue weighted by molar-refractivity contribution is -0.140. The molecule has 1 heterocycles. The van der Waals surface area contributed by atoms with Crippen molar-refractivity contribution >= 4 is 5.97 Å². The van der Waals surface area contributed by atoms with Crippen molar-refractivity contribution in [3.05, 3.63) is 30.3 Å². The fourth-order valence-corrected chi connectivity index (χ4v) is 2.59. The van der Waals surface area contributed by atoms with E-state index >= 15 is 0 Å². The average Bonchev–Trinajstić information content (AvgIpc) is 3.04. The summed E-state index contributed by atoms with van der Waals surface area (Å²) in [6, 6.07) is 9.21. The second kappa shape index (κ2) is 4.15. The van der Waals surface area contributed by atoms with Crippen LogP contribution in [0.4, 0.5) is 0 Å². The van der Waals surface area contributed by atoms with Crippen LogP contribution in [0.5, 0.6) is 5.75 Å². The summed E-state index contributed by atoms with van der Waals surface area (Å²) in [6.07, 6.45) is 5.31. The Balaban J connectivity index is 1.71. The Morgan fingerprint density at radius 3 is 2.88 bits per heavy atom. The highest BCUT2D eigenvalue weighted by Crippen LogP contribution is 2.47. The highest BCUT2D eigenvalue weighted by atomic mass is 16.7. The number of epoxide rings is 1. The van der Waals surface area contributed by atoms with Crippen molar-refractivity contribution in [2.24, 2.45) is 0 Å². The van der Waals surface area contributed by atoms with Crippen molar-refractivity contribution in [2.75, 3.05) is 0 Å². The van der Waals surface area contributed by atoms with Gasteiger partial charge in [0.05, 0.1) is 6.10 Å². The first-order chi connectivity index (χ1) is 8.31. The molecule has 17 heavy (non-hydrogen) atoms. The first-order valence-corrected chi connectivity index (χ1v) is 6.26. The lowest BCUT2D eigenvalue weighted by Crippen LogP contribution is -2.31. The van der Waals surface area contributed by atoms with E-state index in [1.54, 1.807) is 12.1 Å². The summed E-state index contributed by atoms with van der Waals surface area (Å²) in [4.78, 5) is 12.1. The van der Waals surface area contributed by atoms with Crippen LogP contribution in [-0.4, -0.2) is 17.7 Å². The maximum atomic E-state index is 12.1. The van der Waals surface area contributed by atoms with E-state index in [4.69, 9.17) is 9.47 Å². The molecular formula is C14H16O3. The minimum atomic E-state index is -0.619. The Labute approximate surface area is 101 Å². The monoisotopic (exact) mass is 232 g/mol. The molecule has 2 fully saturated rings. The van der Waals surface area contributed by atoms with Gasteiger partial charge in [-0.1, -0.05) is 31.0 Å². The largest absolute Gasteiger partial charge is 0.424 e. The zero-order chi connectivity index (χ0) is 11.7. The number of ether oxygens (including phenoxy) is 2. The van der Waals surface area contributed by atoms with E-state index in [1.165, 1.54) is 6.42 Å². The zero-order valence-electron chi connectivity index (χ0n) is 9.72. The highest BCUT2D eigenvalue weighted by Gasteiger charge is 2.63. The topological polar surface area (TPSA) is 38.8 Å². The standard InChI is InChI=1S/C14H16O3/c15-13(16-11-7-3-1-4-8-11)14-10-6-2-5-9-12(14)17-14/h1,3-4,7-8,12H,2,5-6,9-10H2. The molecule has 2 unspecified atom stereocenters. The van der Waals surface area contributed by atoms with Crippen LogP contribution >= 0.6 is 0 Å². The van der Waals surface area contributed by atoms with Crippen LogP contribution in [0.25, 0.3) is 0 Å². The van der Waals surface area contributed by atoms with Crippen molar-refractivity contribution in [1.82, 2.24) is 0 Å². The van der Waals surface area contributed by atoms with E-state index in [2.05, 4.69) is 0 Å². The molecule has 1 saturated heterocycles. The summed E-state index contributed by atoms with van der Waals surface area (Å²) >= 11 is 0. The molecule has 2 aliphatic rings. The second-order valence-electron chi connectivity index (χ2n) is 4.80. The molecule has 90 valence electrons. The number of carbonyl (C=O) groups excluding carboxylic acids is 1. The normalized spacial score (nSPS) is 31.2. The van der Waals surface area contributed by atoms with Crippen molar-refractivity contribution in [3.8, 4) is 5.75 Å². The van der Waals surface area contributed by atoms with Crippen LogP contribution in [0.2, 0.25) is 0 Å². The van der Waals surface area contributed by atoms with Gasteiger partial charge >= 0.3 is 5.97 Å². The van der Waals surface area contributed by atoms with Gasteiger partial charge in [0.2, 0.25) is 0 Å². The number of benzene rings is 1. The summed E-state index contributed by atoms with van der Waals surface area (Å²) in [7, 11) is 0. The van der Waals surface area contributed by atoms with Gasteiger partial charge in [-0.25, -0.2) is 4.79 Å². The molecule has 0 bridgehead atoms. The van der Waals surface area contributed by atoms with Crippen LogP contribution in [0.3, 0.4) is 0 Å². The summed E-state index contributed by atoms with van der Waals surface area (Å²) in [6.45, 7) is 0. The molecule has 0 aromatic heterocycles. The Kier molecular flexibility index (Phi) is 2.63. The predicted molar refractivity (Wildman–Crippen MR) is 62.8 cm³/mol. The van der Waals surface area contributed by atoms with Crippen LogP contribution in [0, 0.1) is 0 Å². The number of para-hydroxylation sites is 1. The highest BCUT2D eigenvalue weighted by molar-refractivity contribution is 5.85. The van der Waals surface area contributed by atoms with Gasteiger partial charge < -0.3 is 9.47 Å². The molecular weight excluding hydrogens is 216 g/mol. The molecule has 0 amide bonds. The van der Waals surface area contributed by atoms with Crippen LogP contribution < -0.4 is 4.74 Å². The number of hydrogen-bond donors (Lipinski definition) is 0. The number of fused-ring (bicyclic) bond motifs is 1. The van der Waals surface area contributed by atoms with E-state index in [0.29, 0.717) is 5.75 Å². The first kappa shape index (κ1) is 10.8. The van der Waals surface area contributed by atoms with Gasteiger partial charge in [-0.3, -0.25) is 0 Å². The summed E-state index contributed by atoms with van der Waals surface area (Å²) in [5.41, 5.74) is -0.619. The molecule has 2 atom stereocenters. The third-order valence-electron chi connectivity index (χ3n) is 3.63. The maximum Gasteiger partial charge on any atom is 0.346 e. The zero-order valence-corrected chi connectivity index (χ0v) is 9.72. The van der Waals surface area contributed by atoms with E-state index in [0.717, 1.165) is 25.7 Å². The molecule has 0 radical (unpaired) electrons. The summed E-state index contributed by atoms with van der Waals surface area (Å²) in [5, 5.41) is 0. The van der Waals surface area contributed by atoms with Gasteiger partial charge in [0, 0.05) is 0 Å². The maximum absolute atomic E-state index is 12.1. The smallest absolute Gasteiger partial charge is 0.346 e. The fourth-order valence-electron chi connectivity index (χ4n) is 2.59. The Hall–Kier alpha value is -1.35. The van der Waals surface area contributed by atoms with Crippen molar-refractivity contribution in [1.29, 1.82) is 0 Å². The van der Waals surface area contributed by atoms with Crippen LogP contribution in [0.1, 0.15) is 32.1 Å². The average molecular weight is 232 g/mol. The van der Waals surface area contributed by atoms with Gasteiger partial charge in [0.15, 0.2) is 5.60 Å². The molecule has 1 aromatic carbocycles. The fraction of sp³-hybridized carbons (Fsp3) is 0.500.